The fourth-order valence-corrected chi connectivity index (χ4v) is 7.81. The highest BCUT2D eigenvalue weighted by molar-refractivity contribution is 6.86. The van der Waals surface area contributed by atoms with Crippen LogP contribution in [0.2, 0.25) is 0 Å². The molecule has 4 aromatic rings. The molecule has 0 amide bonds. The van der Waals surface area contributed by atoms with Crippen LogP contribution in [0, 0.1) is 6.92 Å². The van der Waals surface area contributed by atoms with Crippen molar-refractivity contribution >= 4 is 19.2 Å². The third-order valence-corrected chi connectivity index (χ3v) is 9.25. The Kier molecular flexibility index (Phi) is 5.54. The fourth-order valence-electron chi connectivity index (χ4n) is 4.27. The minimum Gasteiger partial charge on any atom is -0.0629 e. The molecular formula is C27H26Si. The number of aryl methyl sites for hydroxylation is 1. The van der Waals surface area contributed by atoms with Gasteiger partial charge in [-0.1, -0.05) is 126 Å². The molecule has 0 heterocycles. The molecule has 4 aromatic carbocycles. The predicted molar refractivity (Wildman–Crippen MR) is 124 cm³/mol. The summed E-state index contributed by atoms with van der Waals surface area (Å²) >= 11 is 0. The van der Waals surface area contributed by atoms with Crippen LogP contribution in [0.5, 0.6) is 0 Å². The molecule has 0 saturated heterocycles. The van der Waals surface area contributed by atoms with Gasteiger partial charge in [0.2, 0.25) is 0 Å². The molecule has 0 aliphatic carbocycles. The summed E-state index contributed by atoms with van der Waals surface area (Å²) in [5.41, 5.74) is 5.97. The maximum absolute atomic E-state index is 2.42. The zero-order valence-electron chi connectivity index (χ0n) is 16.5. The predicted octanol–water partition coefficient (Wildman–Crippen LogP) is 5.35. The highest BCUT2D eigenvalue weighted by Crippen LogP contribution is 2.27. The molecule has 0 bridgehead atoms. The van der Waals surface area contributed by atoms with Crippen molar-refractivity contribution in [1.82, 2.24) is 0 Å². The van der Waals surface area contributed by atoms with Crippen molar-refractivity contribution in [2.45, 2.75) is 19.4 Å². The Balaban J connectivity index is 1.74. The monoisotopic (exact) mass is 378 g/mol. The molecule has 138 valence electrons. The highest BCUT2D eigenvalue weighted by Gasteiger charge is 2.25. The summed E-state index contributed by atoms with van der Waals surface area (Å²) in [4.78, 5) is 0. The maximum Gasteiger partial charge on any atom is 0.110 e. The second-order valence-corrected chi connectivity index (χ2v) is 10.8. The molecule has 0 unspecified atom stereocenters. The molecule has 0 spiro atoms. The highest BCUT2D eigenvalue weighted by atomic mass is 28.3. The third kappa shape index (κ3) is 3.85. The molecule has 0 aliphatic heterocycles. The SMILES string of the molecule is Cc1cc(-c2ccccc2)ccc1[C@@H](C)[SiH](c1ccccc1)c1ccccc1. The van der Waals surface area contributed by atoms with E-state index in [9.17, 15) is 0 Å². The lowest BCUT2D eigenvalue weighted by Gasteiger charge is -2.26. The summed E-state index contributed by atoms with van der Waals surface area (Å²) in [5, 5.41) is 3.01. The van der Waals surface area contributed by atoms with Crippen LogP contribution in [-0.2, 0) is 0 Å². The normalized spacial score (nSPS) is 12.1. The van der Waals surface area contributed by atoms with E-state index in [0.29, 0.717) is 5.54 Å². The molecule has 4 rings (SSSR count). The van der Waals surface area contributed by atoms with Gasteiger partial charge >= 0.3 is 0 Å². The molecular weight excluding hydrogens is 352 g/mol. The number of hydrogen-bond donors (Lipinski definition) is 0. The lowest BCUT2D eigenvalue weighted by atomic mass is 9.98. The van der Waals surface area contributed by atoms with Crippen LogP contribution in [0.25, 0.3) is 11.1 Å². The Hall–Kier alpha value is -2.90. The Bertz CT molecular complexity index is 984. The van der Waals surface area contributed by atoms with Crippen molar-refractivity contribution in [3.8, 4) is 11.1 Å². The summed E-state index contributed by atoms with van der Waals surface area (Å²) in [5.74, 6) is 0. The van der Waals surface area contributed by atoms with Crippen LogP contribution in [-0.4, -0.2) is 8.80 Å². The number of benzene rings is 4. The van der Waals surface area contributed by atoms with E-state index in [1.807, 2.05) is 0 Å². The summed E-state index contributed by atoms with van der Waals surface area (Å²) < 4.78 is 0. The Morgan fingerprint density at radius 1 is 0.571 bits per heavy atom. The van der Waals surface area contributed by atoms with Gasteiger partial charge in [-0.2, -0.15) is 0 Å². The van der Waals surface area contributed by atoms with Gasteiger partial charge in [0.25, 0.3) is 0 Å². The van der Waals surface area contributed by atoms with Crippen LogP contribution >= 0.6 is 0 Å². The second-order valence-electron chi connectivity index (χ2n) is 7.53. The fraction of sp³-hybridized carbons (Fsp3) is 0.111. The first-order chi connectivity index (χ1) is 13.7. The molecule has 0 fully saturated rings. The van der Waals surface area contributed by atoms with E-state index in [1.165, 1.54) is 32.6 Å². The lowest BCUT2D eigenvalue weighted by molar-refractivity contribution is 1.04. The standard InChI is InChI=1S/C27H26Si/c1-21-20-24(23-12-6-3-7-13-23)18-19-27(21)22(2)28(25-14-8-4-9-15-25)26-16-10-5-11-17-26/h3-20,22,28H,1-2H3/t22-/m1/s1. The van der Waals surface area contributed by atoms with E-state index in [1.54, 1.807) is 0 Å². The topological polar surface area (TPSA) is 0 Å². The second kappa shape index (κ2) is 8.41. The molecule has 0 aliphatic rings. The van der Waals surface area contributed by atoms with E-state index >= 15 is 0 Å². The summed E-state index contributed by atoms with van der Waals surface area (Å²) in [6.45, 7) is 4.68. The molecule has 0 N–H and O–H groups in total. The smallest absolute Gasteiger partial charge is 0.0629 e. The zero-order chi connectivity index (χ0) is 19.3. The molecule has 28 heavy (non-hydrogen) atoms. The van der Waals surface area contributed by atoms with Gasteiger partial charge in [-0.3, -0.25) is 0 Å². The van der Waals surface area contributed by atoms with Crippen molar-refractivity contribution in [1.29, 1.82) is 0 Å². The van der Waals surface area contributed by atoms with Gasteiger partial charge in [-0.05, 0) is 34.7 Å². The first-order valence-corrected chi connectivity index (χ1v) is 11.8. The van der Waals surface area contributed by atoms with Crippen molar-refractivity contribution in [3.63, 3.8) is 0 Å². The van der Waals surface area contributed by atoms with Gasteiger partial charge in [0, 0.05) is 0 Å². The van der Waals surface area contributed by atoms with E-state index in [-0.39, 0.29) is 0 Å². The summed E-state index contributed by atoms with van der Waals surface area (Å²) in [7, 11) is -1.39. The van der Waals surface area contributed by atoms with Crippen LogP contribution in [0.1, 0.15) is 23.6 Å². The minimum atomic E-state index is -1.39. The van der Waals surface area contributed by atoms with E-state index in [0.717, 1.165) is 0 Å². The van der Waals surface area contributed by atoms with Crippen LogP contribution in [0.4, 0.5) is 0 Å². The number of hydrogen-bond acceptors (Lipinski definition) is 0. The molecule has 0 radical (unpaired) electrons. The van der Waals surface area contributed by atoms with Crippen molar-refractivity contribution < 1.29 is 0 Å². The Labute approximate surface area is 170 Å². The van der Waals surface area contributed by atoms with Gasteiger partial charge in [-0.25, -0.2) is 0 Å². The van der Waals surface area contributed by atoms with Gasteiger partial charge in [0.1, 0.15) is 8.80 Å². The van der Waals surface area contributed by atoms with Crippen molar-refractivity contribution in [2.24, 2.45) is 0 Å². The van der Waals surface area contributed by atoms with Crippen molar-refractivity contribution in [3.05, 3.63) is 120 Å². The zero-order valence-corrected chi connectivity index (χ0v) is 17.7. The minimum absolute atomic E-state index is 0.523. The molecule has 1 atom stereocenters. The maximum atomic E-state index is 2.42. The average Bonchev–Trinajstić information content (AvgIpc) is 2.76. The lowest BCUT2D eigenvalue weighted by Crippen LogP contribution is -2.46. The first-order valence-electron chi connectivity index (χ1n) is 10.00. The molecule has 0 aromatic heterocycles. The molecule has 0 nitrogen and oxygen atoms in total. The van der Waals surface area contributed by atoms with Crippen molar-refractivity contribution in [2.75, 3.05) is 0 Å². The van der Waals surface area contributed by atoms with E-state index < -0.39 is 8.80 Å². The summed E-state index contributed by atoms with van der Waals surface area (Å²) in [6, 6.07) is 39.8. The third-order valence-electron chi connectivity index (χ3n) is 5.68. The van der Waals surface area contributed by atoms with Gasteiger partial charge in [-0.15, -0.1) is 0 Å². The number of rotatable bonds is 5. The Morgan fingerprint density at radius 2 is 1.07 bits per heavy atom. The summed E-state index contributed by atoms with van der Waals surface area (Å²) in [6.07, 6.45) is 0. The first kappa shape index (κ1) is 18.5. The Morgan fingerprint density at radius 3 is 1.57 bits per heavy atom. The van der Waals surface area contributed by atoms with Crippen LogP contribution < -0.4 is 10.4 Å². The average molecular weight is 379 g/mol. The molecule has 0 saturated carbocycles. The quantitative estimate of drug-likeness (QED) is 0.411. The van der Waals surface area contributed by atoms with E-state index in [4.69, 9.17) is 0 Å². The van der Waals surface area contributed by atoms with Gasteiger partial charge in [0.05, 0.1) is 0 Å². The molecule has 1 heteroatoms. The van der Waals surface area contributed by atoms with E-state index in [2.05, 4.69) is 123 Å². The van der Waals surface area contributed by atoms with Crippen LogP contribution in [0.3, 0.4) is 0 Å². The van der Waals surface area contributed by atoms with Crippen LogP contribution in [0.15, 0.2) is 109 Å². The van der Waals surface area contributed by atoms with Gasteiger partial charge < -0.3 is 0 Å². The van der Waals surface area contributed by atoms with Gasteiger partial charge in [0.15, 0.2) is 0 Å². The largest absolute Gasteiger partial charge is 0.110 e.